The van der Waals surface area contributed by atoms with Crippen LogP contribution < -0.4 is 5.32 Å². The third kappa shape index (κ3) is 3.81. The molecule has 0 unspecified atom stereocenters. The zero-order chi connectivity index (χ0) is 15.5. The summed E-state index contributed by atoms with van der Waals surface area (Å²) in [4.78, 5) is 23.4. The molecule has 1 aliphatic rings. The summed E-state index contributed by atoms with van der Waals surface area (Å²) in [7, 11) is 0. The minimum absolute atomic E-state index is 0.0186. The second-order valence-corrected chi connectivity index (χ2v) is 6.34. The van der Waals surface area contributed by atoms with Crippen molar-refractivity contribution in [3.8, 4) is 0 Å². The first-order chi connectivity index (χ1) is 9.93. The average Bonchev–Trinajstić information content (AvgIpc) is 2.89. The van der Waals surface area contributed by atoms with Crippen molar-refractivity contribution >= 4 is 27.8 Å². The number of benzene rings is 1. The van der Waals surface area contributed by atoms with E-state index in [9.17, 15) is 19.1 Å². The maximum absolute atomic E-state index is 13.2. The molecular formula is C15H17BrFNO3. The molecule has 0 aliphatic heterocycles. The lowest BCUT2D eigenvalue weighted by molar-refractivity contribution is -0.151. The Balaban J connectivity index is 1.96. The van der Waals surface area contributed by atoms with Gasteiger partial charge in [0.05, 0.1) is 5.41 Å². The molecule has 1 aromatic carbocycles. The highest BCUT2D eigenvalue weighted by Gasteiger charge is 2.42. The van der Waals surface area contributed by atoms with Crippen LogP contribution in [0.15, 0.2) is 22.7 Å². The largest absolute Gasteiger partial charge is 0.481 e. The van der Waals surface area contributed by atoms with E-state index < -0.39 is 11.4 Å². The highest BCUT2D eigenvalue weighted by molar-refractivity contribution is 9.10. The van der Waals surface area contributed by atoms with Crippen LogP contribution in [0.2, 0.25) is 0 Å². The smallest absolute Gasteiger partial charge is 0.310 e. The molecule has 2 N–H and O–H groups in total. The molecule has 0 atom stereocenters. The van der Waals surface area contributed by atoms with Gasteiger partial charge in [0.15, 0.2) is 0 Å². The Hall–Kier alpha value is -1.43. The Morgan fingerprint density at radius 2 is 2.00 bits per heavy atom. The van der Waals surface area contributed by atoms with Crippen molar-refractivity contribution in [3.05, 3.63) is 34.1 Å². The molecule has 0 heterocycles. The second kappa shape index (κ2) is 6.56. The van der Waals surface area contributed by atoms with Gasteiger partial charge in [-0.1, -0.05) is 28.8 Å². The molecule has 1 aliphatic carbocycles. The van der Waals surface area contributed by atoms with Crippen LogP contribution in [0.25, 0.3) is 0 Å². The predicted molar refractivity (Wildman–Crippen MR) is 79.1 cm³/mol. The first-order valence-corrected chi connectivity index (χ1v) is 7.66. The number of hydrogen-bond donors (Lipinski definition) is 2. The van der Waals surface area contributed by atoms with Crippen LogP contribution in [0.5, 0.6) is 0 Å². The van der Waals surface area contributed by atoms with E-state index in [4.69, 9.17) is 0 Å². The standard InChI is InChI=1S/C15H17BrFNO3/c16-12-4-3-11(17)7-10(12)9-18-13(19)8-15(14(20)21)5-1-2-6-15/h3-4,7H,1-2,5-6,8-9H2,(H,18,19)(H,20,21). The minimum Gasteiger partial charge on any atom is -0.481 e. The number of carbonyl (C=O) groups is 2. The van der Waals surface area contributed by atoms with Gasteiger partial charge in [0.2, 0.25) is 5.91 Å². The summed E-state index contributed by atoms with van der Waals surface area (Å²) in [6, 6.07) is 4.24. The third-order valence-corrected chi connectivity index (χ3v) is 4.77. The first-order valence-electron chi connectivity index (χ1n) is 6.87. The lowest BCUT2D eigenvalue weighted by Gasteiger charge is -2.22. The number of carbonyl (C=O) groups excluding carboxylic acids is 1. The lowest BCUT2D eigenvalue weighted by atomic mass is 9.82. The molecule has 6 heteroatoms. The zero-order valence-electron chi connectivity index (χ0n) is 11.5. The molecule has 21 heavy (non-hydrogen) atoms. The van der Waals surface area contributed by atoms with Crippen LogP contribution >= 0.6 is 15.9 Å². The van der Waals surface area contributed by atoms with Crippen LogP contribution in [-0.2, 0) is 16.1 Å². The fourth-order valence-corrected chi connectivity index (χ4v) is 3.15. The molecule has 0 bridgehead atoms. The molecule has 1 amide bonds. The Labute approximate surface area is 130 Å². The van der Waals surface area contributed by atoms with Gasteiger partial charge >= 0.3 is 5.97 Å². The molecular weight excluding hydrogens is 341 g/mol. The Bertz CT molecular complexity index is 556. The Morgan fingerprint density at radius 1 is 1.33 bits per heavy atom. The summed E-state index contributed by atoms with van der Waals surface area (Å²) >= 11 is 3.29. The van der Waals surface area contributed by atoms with Gasteiger partial charge in [-0.25, -0.2) is 4.39 Å². The molecule has 0 aromatic heterocycles. The molecule has 0 saturated heterocycles. The van der Waals surface area contributed by atoms with Crippen LogP contribution in [0.1, 0.15) is 37.7 Å². The number of nitrogens with one attached hydrogen (secondary N) is 1. The van der Waals surface area contributed by atoms with E-state index in [0.29, 0.717) is 22.9 Å². The van der Waals surface area contributed by atoms with Gasteiger partial charge in [-0.2, -0.15) is 0 Å². The molecule has 1 fully saturated rings. The van der Waals surface area contributed by atoms with Crippen molar-refractivity contribution in [3.63, 3.8) is 0 Å². The van der Waals surface area contributed by atoms with Crippen molar-refractivity contribution in [2.45, 2.75) is 38.6 Å². The summed E-state index contributed by atoms with van der Waals surface area (Å²) in [6.45, 7) is 0.173. The maximum Gasteiger partial charge on any atom is 0.310 e. The predicted octanol–water partition coefficient (Wildman–Crippen LogP) is 3.24. The van der Waals surface area contributed by atoms with Crippen molar-refractivity contribution in [2.24, 2.45) is 5.41 Å². The quantitative estimate of drug-likeness (QED) is 0.849. The first kappa shape index (κ1) is 15.9. The summed E-state index contributed by atoms with van der Waals surface area (Å²) in [5.41, 5.74) is -0.303. The SMILES string of the molecule is O=C(CC1(C(=O)O)CCCC1)NCc1cc(F)ccc1Br. The van der Waals surface area contributed by atoms with Gasteiger partial charge in [0.25, 0.3) is 0 Å². The average molecular weight is 358 g/mol. The molecule has 1 saturated carbocycles. The van der Waals surface area contributed by atoms with Crippen LogP contribution in [0, 0.1) is 11.2 Å². The van der Waals surface area contributed by atoms with Gasteiger partial charge < -0.3 is 10.4 Å². The fourth-order valence-electron chi connectivity index (χ4n) is 2.76. The van der Waals surface area contributed by atoms with Gasteiger partial charge in [-0.3, -0.25) is 9.59 Å². The second-order valence-electron chi connectivity index (χ2n) is 5.48. The Kier molecular flexibility index (Phi) is 4.98. The lowest BCUT2D eigenvalue weighted by Crippen LogP contribution is -2.35. The van der Waals surface area contributed by atoms with E-state index in [-0.39, 0.29) is 24.7 Å². The topological polar surface area (TPSA) is 66.4 Å². The van der Waals surface area contributed by atoms with Crippen LogP contribution in [0.3, 0.4) is 0 Å². The highest BCUT2D eigenvalue weighted by atomic mass is 79.9. The highest BCUT2D eigenvalue weighted by Crippen LogP contribution is 2.41. The van der Waals surface area contributed by atoms with E-state index in [2.05, 4.69) is 21.2 Å². The molecule has 0 spiro atoms. The van der Waals surface area contributed by atoms with Crippen molar-refractivity contribution in [1.82, 2.24) is 5.32 Å². The monoisotopic (exact) mass is 357 g/mol. The van der Waals surface area contributed by atoms with Gasteiger partial charge in [0.1, 0.15) is 5.82 Å². The van der Waals surface area contributed by atoms with Crippen molar-refractivity contribution in [2.75, 3.05) is 0 Å². The van der Waals surface area contributed by atoms with Crippen molar-refractivity contribution in [1.29, 1.82) is 0 Å². The summed E-state index contributed by atoms with van der Waals surface area (Å²) in [6.07, 6.45) is 2.75. The molecule has 4 nitrogen and oxygen atoms in total. The zero-order valence-corrected chi connectivity index (χ0v) is 13.1. The van der Waals surface area contributed by atoms with Crippen molar-refractivity contribution < 1.29 is 19.1 Å². The maximum atomic E-state index is 13.2. The molecule has 0 radical (unpaired) electrons. The third-order valence-electron chi connectivity index (χ3n) is 4.00. The normalized spacial score (nSPS) is 16.7. The molecule has 114 valence electrons. The summed E-state index contributed by atoms with van der Waals surface area (Å²) in [5, 5.41) is 12.0. The van der Waals surface area contributed by atoms with E-state index in [1.54, 1.807) is 6.07 Å². The van der Waals surface area contributed by atoms with Gasteiger partial charge in [-0.15, -0.1) is 0 Å². The summed E-state index contributed by atoms with van der Waals surface area (Å²) < 4.78 is 13.9. The van der Waals surface area contributed by atoms with E-state index in [1.165, 1.54) is 12.1 Å². The number of halogens is 2. The molecule has 1 aromatic rings. The van der Waals surface area contributed by atoms with Crippen LogP contribution in [-0.4, -0.2) is 17.0 Å². The number of carboxylic acid groups (broad SMARTS) is 1. The number of amides is 1. The number of aliphatic carboxylic acids is 1. The van der Waals surface area contributed by atoms with Gasteiger partial charge in [0, 0.05) is 17.4 Å². The van der Waals surface area contributed by atoms with Crippen LogP contribution in [0.4, 0.5) is 4.39 Å². The Morgan fingerprint density at radius 3 is 2.62 bits per heavy atom. The van der Waals surface area contributed by atoms with E-state index in [0.717, 1.165) is 12.8 Å². The number of carboxylic acids is 1. The van der Waals surface area contributed by atoms with E-state index >= 15 is 0 Å². The minimum atomic E-state index is -0.927. The number of hydrogen-bond acceptors (Lipinski definition) is 2. The summed E-state index contributed by atoms with van der Waals surface area (Å²) in [5.74, 6) is -1.59. The molecule has 2 rings (SSSR count). The van der Waals surface area contributed by atoms with E-state index in [1.807, 2.05) is 0 Å². The number of rotatable bonds is 5. The van der Waals surface area contributed by atoms with Gasteiger partial charge in [-0.05, 0) is 36.6 Å². The fraction of sp³-hybridized carbons (Fsp3) is 0.467.